The molecule has 4 N–H and O–H groups in total. The molecular formula is C24H35N5O. The Balaban J connectivity index is 1.65. The second-order valence-electron chi connectivity index (χ2n) is 9.10. The number of carbonyl (C=O) groups is 1. The van der Waals surface area contributed by atoms with Gasteiger partial charge in [-0.3, -0.25) is 4.79 Å². The summed E-state index contributed by atoms with van der Waals surface area (Å²) in [7, 11) is 0. The van der Waals surface area contributed by atoms with Gasteiger partial charge in [0.25, 0.3) is 0 Å². The number of hydrogen-bond donors (Lipinski definition) is 4. The van der Waals surface area contributed by atoms with Gasteiger partial charge in [0.1, 0.15) is 5.82 Å². The zero-order valence-corrected chi connectivity index (χ0v) is 18.6. The second-order valence-corrected chi connectivity index (χ2v) is 9.10. The lowest BCUT2D eigenvalue weighted by molar-refractivity contribution is -0.129. The molecule has 1 aromatic carbocycles. The molecule has 0 saturated carbocycles. The van der Waals surface area contributed by atoms with Crippen LogP contribution in [0.3, 0.4) is 0 Å². The van der Waals surface area contributed by atoms with Crippen LogP contribution in [-0.4, -0.2) is 42.5 Å². The molecule has 2 unspecified atom stereocenters. The van der Waals surface area contributed by atoms with Crippen LogP contribution in [0.1, 0.15) is 51.2 Å². The molecule has 0 bridgehead atoms. The number of carbonyl (C=O) groups excluding carboxylic acids is 1. The van der Waals surface area contributed by atoms with Crippen LogP contribution in [0.25, 0.3) is 0 Å². The highest BCUT2D eigenvalue weighted by Crippen LogP contribution is 2.40. The van der Waals surface area contributed by atoms with Crippen LogP contribution in [0.15, 0.2) is 47.3 Å². The lowest BCUT2D eigenvalue weighted by Crippen LogP contribution is -2.46. The Bertz CT molecular complexity index is 851. The molecular weight excluding hydrogens is 374 g/mol. The van der Waals surface area contributed by atoms with Crippen LogP contribution in [0.4, 0.5) is 0 Å². The fraction of sp³-hybridized carbons (Fsp3) is 0.542. The van der Waals surface area contributed by atoms with Crippen molar-refractivity contribution >= 4 is 5.91 Å². The Kier molecular flexibility index (Phi) is 5.89. The summed E-state index contributed by atoms with van der Waals surface area (Å²) in [5, 5.41) is 7.31. The summed E-state index contributed by atoms with van der Waals surface area (Å²) in [4.78, 5) is 13.6. The lowest BCUT2D eigenvalue weighted by Gasteiger charge is -2.33. The van der Waals surface area contributed by atoms with Gasteiger partial charge in [0.05, 0.1) is 5.54 Å². The van der Waals surface area contributed by atoms with Gasteiger partial charge < -0.3 is 21.0 Å². The van der Waals surface area contributed by atoms with Gasteiger partial charge in [0.2, 0.25) is 5.91 Å². The quantitative estimate of drug-likeness (QED) is 0.615. The topological polar surface area (TPSA) is 68.4 Å². The molecule has 1 aromatic rings. The van der Waals surface area contributed by atoms with E-state index in [2.05, 4.69) is 72.6 Å². The van der Waals surface area contributed by atoms with E-state index in [-0.39, 0.29) is 11.4 Å². The number of likely N-dealkylation sites (tertiary alicyclic amines) is 1. The van der Waals surface area contributed by atoms with Crippen LogP contribution in [0.5, 0.6) is 0 Å². The van der Waals surface area contributed by atoms with Crippen LogP contribution in [0.2, 0.25) is 0 Å². The predicted molar refractivity (Wildman–Crippen MR) is 120 cm³/mol. The first-order chi connectivity index (χ1) is 14.4. The zero-order valence-electron chi connectivity index (χ0n) is 18.6. The van der Waals surface area contributed by atoms with E-state index in [9.17, 15) is 4.79 Å². The number of piperidine rings is 1. The number of amides is 1. The monoisotopic (exact) mass is 409 g/mol. The molecule has 3 aliphatic heterocycles. The van der Waals surface area contributed by atoms with Gasteiger partial charge in [-0.2, -0.15) is 0 Å². The zero-order chi connectivity index (χ0) is 21.3. The van der Waals surface area contributed by atoms with E-state index in [1.807, 2.05) is 4.90 Å². The highest BCUT2D eigenvalue weighted by Gasteiger charge is 2.41. The molecule has 1 amide bonds. The van der Waals surface area contributed by atoms with Gasteiger partial charge in [-0.15, -0.1) is 0 Å². The SMILES string of the molecule is CC(=O)N1CCC(NC2=C(C3=CC(C)NCC3)C(C)(c3ccc(C)cc3)NN2)CC1. The van der Waals surface area contributed by atoms with Crippen molar-refractivity contribution in [3.8, 4) is 0 Å². The number of hydrogen-bond acceptors (Lipinski definition) is 5. The molecule has 30 heavy (non-hydrogen) atoms. The maximum absolute atomic E-state index is 11.7. The Morgan fingerprint density at radius 2 is 1.90 bits per heavy atom. The molecule has 1 fully saturated rings. The third-order valence-corrected chi connectivity index (χ3v) is 6.74. The van der Waals surface area contributed by atoms with Crippen molar-refractivity contribution in [1.29, 1.82) is 0 Å². The van der Waals surface area contributed by atoms with Crippen molar-refractivity contribution in [2.75, 3.05) is 19.6 Å². The van der Waals surface area contributed by atoms with E-state index in [4.69, 9.17) is 0 Å². The number of nitrogens with zero attached hydrogens (tertiary/aromatic N) is 1. The van der Waals surface area contributed by atoms with E-state index in [0.717, 1.165) is 44.7 Å². The van der Waals surface area contributed by atoms with Crippen LogP contribution < -0.4 is 21.5 Å². The number of benzene rings is 1. The maximum atomic E-state index is 11.7. The molecule has 6 nitrogen and oxygen atoms in total. The van der Waals surface area contributed by atoms with E-state index in [1.165, 1.54) is 22.3 Å². The summed E-state index contributed by atoms with van der Waals surface area (Å²) in [5.41, 5.74) is 12.0. The molecule has 3 heterocycles. The van der Waals surface area contributed by atoms with Crippen molar-refractivity contribution < 1.29 is 4.79 Å². The lowest BCUT2D eigenvalue weighted by atomic mass is 9.79. The van der Waals surface area contributed by atoms with Gasteiger partial charge in [-0.25, -0.2) is 5.43 Å². The molecule has 1 saturated heterocycles. The predicted octanol–water partition coefficient (Wildman–Crippen LogP) is 2.44. The summed E-state index contributed by atoms with van der Waals surface area (Å²) in [6, 6.07) is 9.54. The first-order valence-electron chi connectivity index (χ1n) is 11.2. The normalized spacial score (nSPS) is 27.7. The Morgan fingerprint density at radius 3 is 2.53 bits per heavy atom. The first-order valence-corrected chi connectivity index (χ1v) is 11.2. The third kappa shape index (κ3) is 4.12. The molecule has 0 aliphatic carbocycles. The van der Waals surface area contributed by atoms with Crippen LogP contribution >= 0.6 is 0 Å². The van der Waals surface area contributed by atoms with Gasteiger partial charge in [0.15, 0.2) is 0 Å². The summed E-state index contributed by atoms with van der Waals surface area (Å²) in [6.07, 6.45) is 5.31. The summed E-state index contributed by atoms with van der Waals surface area (Å²) < 4.78 is 0. The van der Waals surface area contributed by atoms with E-state index < -0.39 is 0 Å². The summed E-state index contributed by atoms with van der Waals surface area (Å²) in [5.74, 6) is 1.26. The fourth-order valence-corrected chi connectivity index (χ4v) is 4.89. The molecule has 0 radical (unpaired) electrons. The molecule has 3 aliphatic rings. The smallest absolute Gasteiger partial charge is 0.219 e. The number of rotatable bonds is 4. The minimum Gasteiger partial charge on any atom is -0.368 e. The van der Waals surface area contributed by atoms with Gasteiger partial charge in [0, 0.05) is 37.7 Å². The Morgan fingerprint density at radius 1 is 1.20 bits per heavy atom. The largest absolute Gasteiger partial charge is 0.368 e. The first kappa shape index (κ1) is 20.9. The van der Waals surface area contributed by atoms with Crippen LogP contribution in [-0.2, 0) is 10.3 Å². The summed E-state index contributed by atoms with van der Waals surface area (Å²) in [6.45, 7) is 10.9. The number of nitrogens with one attached hydrogen (secondary N) is 4. The van der Waals surface area contributed by atoms with E-state index in [0.29, 0.717) is 12.1 Å². The fourth-order valence-electron chi connectivity index (χ4n) is 4.89. The molecule has 162 valence electrons. The highest BCUT2D eigenvalue weighted by atomic mass is 16.2. The van der Waals surface area contributed by atoms with Crippen molar-refractivity contribution in [2.24, 2.45) is 0 Å². The highest BCUT2D eigenvalue weighted by molar-refractivity contribution is 5.73. The molecule has 0 spiro atoms. The van der Waals surface area contributed by atoms with Gasteiger partial charge in [-0.1, -0.05) is 35.9 Å². The van der Waals surface area contributed by atoms with Crippen molar-refractivity contribution in [3.05, 3.63) is 58.4 Å². The standard InChI is InChI=1S/C24H35N5O/c1-16-5-7-20(8-6-16)24(4)22(19-9-12-25-17(2)15-19)23(27-28-24)26-21-10-13-29(14-11-21)18(3)30/h5-8,15,17,21,25-28H,9-14H2,1-4H3. The summed E-state index contributed by atoms with van der Waals surface area (Å²) >= 11 is 0. The van der Waals surface area contributed by atoms with Crippen molar-refractivity contribution in [1.82, 2.24) is 26.4 Å². The molecule has 6 heteroatoms. The minimum atomic E-state index is -0.307. The average molecular weight is 410 g/mol. The second kappa shape index (κ2) is 8.44. The number of aryl methyl sites for hydroxylation is 1. The minimum absolute atomic E-state index is 0.176. The van der Waals surface area contributed by atoms with Crippen molar-refractivity contribution in [2.45, 2.75) is 64.6 Å². The number of hydrazine groups is 1. The van der Waals surface area contributed by atoms with E-state index in [1.54, 1.807) is 6.92 Å². The van der Waals surface area contributed by atoms with Crippen LogP contribution in [0, 0.1) is 6.92 Å². The Labute approximate surface area is 180 Å². The molecule has 0 aromatic heterocycles. The van der Waals surface area contributed by atoms with Crippen molar-refractivity contribution in [3.63, 3.8) is 0 Å². The Hall–Kier alpha value is -2.31. The molecule has 4 rings (SSSR count). The van der Waals surface area contributed by atoms with Gasteiger partial charge in [-0.05, 0) is 57.7 Å². The van der Waals surface area contributed by atoms with E-state index >= 15 is 0 Å². The average Bonchev–Trinajstić information content (AvgIpc) is 3.06. The third-order valence-electron chi connectivity index (χ3n) is 6.74. The maximum Gasteiger partial charge on any atom is 0.219 e. The van der Waals surface area contributed by atoms with Gasteiger partial charge >= 0.3 is 0 Å². The molecule has 2 atom stereocenters.